The molecule has 106 valence electrons. The summed E-state index contributed by atoms with van der Waals surface area (Å²) in [7, 11) is -3.50. The Morgan fingerprint density at radius 2 is 1.60 bits per heavy atom. The minimum atomic E-state index is -3.50. The van der Waals surface area contributed by atoms with Crippen molar-refractivity contribution in [3.05, 3.63) is 60.2 Å². The number of nitrogens with one attached hydrogen (secondary N) is 1. The predicted molar refractivity (Wildman–Crippen MR) is 82.4 cm³/mol. The third-order valence-electron chi connectivity index (χ3n) is 3.40. The molecule has 0 radical (unpaired) electrons. The van der Waals surface area contributed by atoms with Crippen molar-refractivity contribution in [2.75, 3.05) is 4.72 Å². The van der Waals surface area contributed by atoms with Crippen molar-refractivity contribution in [1.29, 1.82) is 0 Å². The van der Waals surface area contributed by atoms with Crippen molar-refractivity contribution >= 4 is 15.7 Å². The Balaban J connectivity index is 2.18. The monoisotopic (exact) mass is 289 g/mol. The Bertz CT molecular complexity index is 649. The molecular weight excluding hydrogens is 270 g/mol. The normalized spacial score (nSPS) is 12.9. The molecule has 1 atom stereocenters. The molecule has 4 heteroatoms. The first-order valence-electron chi connectivity index (χ1n) is 6.71. The van der Waals surface area contributed by atoms with Crippen LogP contribution in [0.4, 0.5) is 5.69 Å². The quantitative estimate of drug-likeness (QED) is 0.904. The molecule has 0 saturated carbocycles. The summed E-state index contributed by atoms with van der Waals surface area (Å²) in [6.45, 7) is 4.29. The van der Waals surface area contributed by atoms with Gasteiger partial charge >= 0.3 is 0 Å². The molecular formula is C16H19NO2S. The van der Waals surface area contributed by atoms with E-state index in [4.69, 9.17) is 0 Å². The second kappa shape index (κ2) is 6.09. The highest BCUT2D eigenvalue weighted by atomic mass is 32.2. The van der Waals surface area contributed by atoms with E-state index >= 15 is 0 Å². The molecule has 2 aromatic carbocycles. The van der Waals surface area contributed by atoms with Gasteiger partial charge in [-0.05, 0) is 42.2 Å². The van der Waals surface area contributed by atoms with Crippen molar-refractivity contribution in [3.63, 3.8) is 0 Å². The van der Waals surface area contributed by atoms with E-state index in [1.54, 1.807) is 30.3 Å². The zero-order valence-corrected chi connectivity index (χ0v) is 12.5. The summed E-state index contributed by atoms with van der Waals surface area (Å²) in [5.74, 6) is 0.481. The molecule has 20 heavy (non-hydrogen) atoms. The van der Waals surface area contributed by atoms with Gasteiger partial charge in [-0.25, -0.2) is 8.42 Å². The summed E-state index contributed by atoms with van der Waals surface area (Å²) in [6.07, 6.45) is 1.06. The lowest BCUT2D eigenvalue weighted by atomic mass is 9.99. The average molecular weight is 289 g/mol. The molecule has 0 heterocycles. The van der Waals surface area contributed by atoms with E-state index in [1.165, 1.54) is 5.56 Å². The molecule has 0 aliphatic rings. The topological polar surface area (TPSA) is 46.2 Å². The number of anilines is 1. The average Bonchev–Trinajstić information content (AvgIpc) is 2.48. The zero-order valence-electron chi connectivity index (χ0n) is 11.7. The van der Waals surface area contributed by atoms with Gasteiger partial charge in [0.05, 0.1) is 4.90 Å². The van der Waals surface area contributed by atoms with Crippen LogP contribution in [-0.4, -0.2) is 8.42 Å². The first kappa shape index (κ1) is 14.6. The summed E-state index contributed by atoms with van der Waals surface area (Å²) in [5.41, 5.74) is 1.80. The maximum absolute atomic E-state index is 12.2. The van der Waals surface area contributed by atoms with Crippen LogP contribution < -0.4 is 4.72 Å². The van der Waals surface area contributed by atoms with Crippen LogP contribution >= 0.6 is 0 Å². The fourth-order valence-corrected chi connectivity index (χ4v) is 3.01. The SMILES string of the molecule is CC[C@@H](C)c1ccc(NS(=O)(=O)c2ccccc2)cc1. The first-order chi connectivity index (χ1) is 9.53. The summed E-state index contributed by atoms with van der Waals surface area (Å²) in [6, 6.07) is 15.9. The van der Waals surface area contributed by atoms with Crippen LogP contribution in [0.5, 0.6) is 0 Å². The fourth-order valence-electron chi connectivity index (χ4n) is 1.93. The van der Waals surface area contributed by atoms with E-state index in [-0.39, 0.29) is 4.90 Å². The van der Waals surface area contributed by atoms with E-state index in [1.807, 2.05) is 24.3 Å². The van der Waals surface area contributed by atoms with Crippen LogP contribution in [-0.2, 0) is 10.0 Å². The van der Waals surface area contributed by atoms with Gasteiger partial charge < -0.3 is 0 Å². The molecule has 3 nitrogen and oxygen atoms in total. The standard InChI is InChI=1S/C16H19NO2S/c1-3-13(2)14-9-11-15(12-10-14)17-20(18,19)16-7-5-4-6-8-16/h4-13,17H,3H2,1-2H3/t13-/m1/s1. The third kappa shape index (κ3) is 3.39. The Morgan fingerprint density at radius 3 is 2.15 bits per heavy atom. The molecule has 0 fully saturated rings. The van der Waals surface area contributed by atoms with Crippen LogP contribution in [0.15, 0.2) is 59.5 Å². The van der Waals surface area contributed by atoms with Crippen LogP contribution in [0.3, 0.4) is 0 Å². The van der Waals surface area contributed by atoms with Crippen molar-refractivity contribution in [3.8, 4) is 0 Å². The molecule has 0 bridgehead atoms. The maximum atomic E-state index is 12.2. The minimum absolute atomic E-state index is 0.269. The number of benzene rings is 2. The second-order valence-electron chi connectivity index (χ2n) is 4.85. The van der Waals surface area contributed by atoms with E-state index in [0.29, 0.717) is 11.6 Å². The van der Waals surface area contributed by atoms with Gasteiger partial charge in [0.25, 0.3) is 10.0 Å². The van der Waals surface area contributed by atoms with Crippen LogP contribution in [0.2, 0.25) is 0 Å². The van der Waals surface area contributed by atoms with Gasteiger partial charge in [-0.2, -0.15) is 0 Å². The Hall–Kier alpha value is -1.81. The minimum Gasteiger partial charge on any atom is -0.280 e. The Morgan fingerprint density at radius 1 is 1.00 bits per heavy atom. The Kier molecular flexibility index (Phi) is 4.45. The molecule has 0 saturated heterocycles. The highest BCUT2D eigenvalue weighted by Gasteiger charge is 2.13. The highest BCUT2D eigenvalue weighted by molar-refractivity contribution is 7.92. The lowest BCUT2D eigenvalue weighted by Gasteiger charge is -2.11. The first-order valence-corrected chi connectivity index (χ1v) is 8.19. The molecule has 0 aliphatic heterocycles. The molecule has 2 aromatic rings. The van der Waals surface area contributed by atoms with Crippen molar-refractivity contribution in [2.45, 2.75) is 31.1 Å². The highest BCUT2D eigenvalue weighted by Crippen LogP contribution is 2.22. The second-order valence-corrected chi connectivity index (χ2v) is 6.53. The lowest BCUT2D eigenvalue weighted by molar-refractivity contribution is 0.601. The van der Waals surface area contributed by atoms with Crippen LogP contribution in [0.25, 0.3) is 0 Å². The number of sulfonamides is 1. The van der Waals surface area contributed by atoms with Gasteiger partial charge in [0.15, 0.2) is 0 Å². The van der Waals surface area contributed by atoms with E-state index in [0.717, 1.165) is 6.42 Å². The van der Waals surface area contributed by atoms with Gasteiger partial charge in [0.2, 0.25) is 0 Å². The van der Waals surface area contributed by atoms with Gasteiger partial charge in [-0.3, -0.25) is 4.72 Å². The molecule has 1 N–H and O–H groups in total. The van der Waals surface area contributed by atoms with Crippen molar-refractivity contribution in [1.82, 2.24) is 0 Å². The van der Waals surface area contributed by atoms with Gasteiger partial charge in [-0.1, -0.05) is 44.2 Å². The number of hydrogen-bond donors (Lipinski definition) is 1. The summed E-state index contributed by atoms with van der Waals surface area (Å²) >= 11 is 0. The maximum Gasteiger partial charge on any atom is 0.261 e. The van der Waals surface area contributed by atoms with Crippen LogP contribution in [0, 0.1) is 0 Å². The number of hydrogen-bond acceptors (Lipinski definition) is 2. The predicted octanol–water partition coefficient (Wildman–Crippen LogP) is 4.00. The number of rotatable bonds is 5. The van der Waals surface area contributed by atoms with E-state index < -0.39 is 10.0 Å². The van der Waals surface area contributed by atoms with Gasteiger partial charge in [0, 0.05) is 5.69 Å². The van der Waals surface area contributed by atoms with Gasteiger partial charge in [0.1, 0.15) is 0 Å². The zero-order chi connectivity index (χ0) is 14.6. The Labute approximate surface area is 120 Å². The van der Waals surface area contributed by atoms with Gasteiger partial charge in [-0.15, -0.1) is 0 Å². The lowest BCUT2D eigenvalue weighted by Crippen LogP contribution is -2.12. The molecule has 0 spiro atoms. The van der Waals surface area contributed by atoms with Crippen molar-refractivity contribution < 1.29 is 8.42 Å². The van der Waals surface area contributed by atoms with Crippen LogP contribution in [0.1, 0.15) is 31.7 Å². The van der Waals surface area contributed by atoms with E-state index in [9.17, 15) is 8.42 Å². The third-order valence-corrected chi connectivity index (χ3v) is 4.80. The smallest absolute Gasteiger partial charge is 0.261 e. The van der Waals surface area contributed by atoms with E-state index in [2.05, 4.69) is 18.6 Å². The molecule has 2 rings (SSSR count). The van der Waals surface area contributed by atoms with Crippen molar-refractivity contribution in [2.24, 2.45) is 0 Å². The molecule has 0 amide bonds. The summed E-state index contributed by atoms with van der Waals surface area (Å²) in [4.78, 5) is 0.269. The molecule has 0 aromatic heterocycles. The molecule has 0 unspecified atom stereocenters. The summed E-state index contributed by atoms with van der Waals surface area (Å²) < 4.78 is 26.9. The fraction of sp³-hybridized carbons (Fsp3) is 0.250. The molecule has 0 aliphatic carbocycles. The largest absolute Gasteiger partial charge is 0.280 e. The summed E-state index contributed by atoms with van der Waals surface area (Å²) in [5, 5.41) is 0.